The Balaban J connectivity index is 1.19. The Morgan fingerprint density at radius 3 is 2.57 bits per heavy atom. The highest BCUT2D eigenvalue weighted by Gasteiger charge is 2.41. The van der Waals surface area contributed by atoms with Crippen molar-refractivity contribution < 1.29 is 9.59 Å². The molecule has 154 valence electrons. The third-order valence-corrected chi connectivity index (χ3v) is 6.53. The van der Waals surface area contributed by atoms with Crippen LogP contribution in [0.4, 0.5) is 11.5 Å². The topological polar surface area (TPSA) is 65.5 Å². The van der Waals surface area contributed by atoms with Crippen molar-refractivity contribution in [3.63, 3.8) is 0 Å². The largest absolute Gasteiger partial charge is 0.371 e. The first-order chi connectivity index (χ1) is 14.5. The van der Waals surface area contributed by atoms with Gasteiger partial charge in [0.05, 0.1) is 0 Å². The molecule has 2 amide bonds. The van der Waals surface area contributed by atoms with E-state index < -0.39 is 0 Å². The van der Waals surface area contributed by atoms with Gasteiger partial charge in [0.2, 0.25) is 11.8 Å². The van der Waals surface area contributed by atoms with Crippen molar-refractivity contribution in [2.45, 2.75) is 12.8 Å². The second-order valence-corrected chi connectivity index (χ2v) is 8.74. The number of nitrogens with one attached hydrogen (secondary N) is 1. The highest BCUT2D eigenvalue weighted by atomic mass is 35.5. The molecule has 3 aliphatic heterocycles. The summed E-state index contributed by atoms with van der Waals surface area (Å²) in [5.74, 6) is 1.70. The molecule has 30 heavy (non-hydrogen) atoms. The number of benzene rings is 1. The lowest BCUT2D eigenvalue weighted by atomic mass is 10.0. The lowest BCUT2D eigenvalue weighted by Crippen LogP contribution is -2.32. The third kappa shape index (κ3) is 3.79. The smallest absolute Gasteiger partial charge is 0.246 e. The van der Waals surface area contributed by atoms with Gasteiger partial charge in [-0.15, -0.1) is 0 Å². The van der Waals surface area contributed by atoms with E-state index in [9.17, 15) is 9.59 Å². The number of anilines is 2. The van der Waals surface area contributed by atoms with Crippen molar-refractivity contribution in [1.29, 1.82) is 0 Å². The number of halogens is 1. The van der Waals surface area contributed by atoms with E-state index in [0.717, 1.165) is 42.3 Å². The van der Waals surface area contributed by atoms with Gasteiger partial charge in [-0.25, -0.2) is 4.98 Å². The molecular weight excluding hydrogens is 400 g/mol. The number of nitrogens with zero attached hydrogens (tertiary/aromatic N) is 3. The molecule has 0 unspecified atom stereocenters. The molecule has 0 aliphatic carbocycles. The zero-order valence-electron chi connectivity index (χ0n) is 16.6. The van der Waals surface area contributed by atoms with E-state index in [2.05, 4.69) is 27.3 Å². The summed E-state index contributed by atoms with van der Waals surface area (Å²) < 4.78 is 0. The van der Waals surface area contributed by atoms with Crippen LogP contribution in [0.3, 0.4) is 0 Å². The SMILES string of the molecule is O=C1CCc2cc(C=CC(=O)N3C[C@@H]4CN(c5ccc(Cl)cc5)C[C@@H]4C3)cnc2N1. The molecule has 2 saturated heterocycles. The molecule has 2 fully saturated rings. The average molecular weight is 423 g/mol. The lowest BCUT2D eigenvalue weighted by Gasteiger charge is -2.22. The van der Waals surface area contributed by atoms with Crippen LogP contribution in [0.5, 0.6) is 0 Å². The van der Waals surface area contributed by atoms with E-state index >= 15 is 0 Å². The van der Waals surface area contributed by atoms with Crippen LogP contribution < -0.4 is 10.2 Å². The molecule has 0 saturated carbocycles. The van der Waals surface area contributed by atoms with Gasteiger partial charge in [0.15, 0.2) is 0 Å². The van der Waals surface area contributed by atoms with Gasteiger partial charge in [0.1, 0.15) is 5.82 Å². The van der Waals surface area contributed by atoms with E-state index in [-0.39, 0.29) is 11.8 Å². The van der Waals surface area contributed by atoms with Crippen molar-refractivity contribution in [3.8, 4) is 0 Å². The zero-order chi connectivity index (χ0) is 20.7. The minimum absolute atomic E-state index is 0.00248. The summed E-state index contributed by atoms with van der Waals surface area (Å²) in [6.45, 7) is 3.54. The predicted octanol–water partition coefficient (Wildman–Crippen LogP) is 3.23. The number of hydrogen-bond donors (Lipinski definition) is 1. The molecule has 3 aliphatic rings. The maximum atomic E-state index is 12.7. The summed E-state index contributed by atoms with van der Waals surface area (Å²) in [4.78, 5) is 32.8. The maximum Gasteiger partial charge on any atom is 0.246 e. The monoisotopic (exact) mass is 422 g/mol. The number of carbonyl (C=O) groups excluding carboxylic acids is 2. The molecule has 2 aromatic rings. The van der Waals surface area contributed by atoms with Crippen LogP contribution in [0.25, 0.3) is 6.08 Å². The van der Waals surface area contributed by atoms with Gasteiger partial charge in [0.25, 0.3) is 0 Å². The fraction of sp³-hybridized carbons (Fsp3) is 0.348. The van der Waals surface area contributed by atoms with Crippen LogP contribution >= 0.6 is 11.6 Å². The molecule has 6 nitrogen and oxygen atoms in total. The molecular formula is C23H23ClN4O2. The first-order valence-electron chi connectivity index (χ1n) is 10.3. The van der Waals surface area contributed by atoms with E-state index in [0.29, 0.717) is 30.5 Å². The van der Waals surface area contributed by atoms with Gasteiger partial charge in [0, 0.05) is 67.4 Å². The number of rotatable bonds is 3. The summed E-state index contributed by atoms with van der Waals surface area (Å²) in [5.41, 5.74) is 3.09. The highest BCUT2D eigenvalue weighted by molar-refractivity contribution is 6.30. The fourth-order valence-electron chi connectivity index (χ4n) is 4.67. The second kappa shape index (κ2) is 7.76. The van der Waals surface area contributed by atoms with Crippen molar-refractivity contribution in [2.75, 3.05) is 36.4 Å². The van der Waals surface area contributed by atoms with Gasteiger partial charge in [-0.05, 0) is 54.0 Å². The molecule has 2 atom stereocenters. The van der Waals surface area contributed by atoms with Crippen LogP contribution in [0.15, 0.2) is 42.6 Å². The van der Waals surface area contributed by atoms with E-state index in [4.69, 9.17) is 11.6 Å². The Morgan fingerprint density at radius 1 is 1.10 bits per heavy atom. The summed E-state index contributed by atoms with van der Waals surface area (Å²) >= 11 is 5.99. The number of carbonyl (C=O) groups is 2. The van der Waals surface area contributed by atoms with Crippen LogP contribution in [0, 0.1) is 11.8 Å². The number of amides is 2. The van der Waals surface area contributed by atoms with Crippen molar-refractivity contribution >= 4 is 41.0 Å². The van der Waals surface area contributed by atoms with Crippen molar-refractivity contribution in [1.82, 2.24) is 9.88 Å². The molecule has 0 bridgehead atoms. The summed E-state index contributed by atoms with van der Waals surface area (Å²) in [5, 5.41) is 3.53. The normalized spacial score (nSPS) is 22.9. The van der Waals surface area contributed by atoms with Crippen molar-refractivity contribution in [3.05, 3.63) is 58.8 Å². The number of fused-ring (bicyclic) bond motifs is 2. The van der Waals surface area contributed by atoms with Gasteiger partial charge in [-0.3, -0.25) is 9.59 Å². The quantitative estimate of drug-likeness (QED) is 0.771. The second-order valence-electron chi connectivity index (χ2n) is 8.30. The minimum Gasteiger partial charge on any atom is -0.371 e. The van der Waals surface area contributed by atoms with E-state index in [1.165, 1.54) is 5.69 Å². The molecule has 1 N–H and O–H groups in total. The molecule has 5 rings (SSSR count). The summed E-state index contributed by atoms with van der Waals surface area (Å²) in [7, 11) is 0. The predicted molar refractivity (Wildman–Crippen MR) is 117 cm³/mol. The summed E-state index contributed by atoms with van der Waals surface area (Å²) in [6.07, 6.45) is 6.31. The van der Waals surface area contributed by atoms with Gasteiger partial charge >= 0.3 is 0 Å². The maximum absolute atomic E-state index is 12.7. The lowest BCUT2D eigenvalue weighted by molar-refractivity contribution is -0.125. The zero-order valence-corrected chi connectivity index (χ0v) is 17.3. The molecule has 1 aromatic carbocycles. The third-order valence-electron chi connectivity index (χ3n) is 6.28. The van der Waals surface area contributed by atoms with E-state index in [1.54, 1.807) is 12.3 Å². The average Bonchev–Trinajstić information content (AvgIpc) is 3.32. The molecule has 0 spiro atoms. The van der Waals surface area contributed by atoms with E-state index in [1.807, 2.05) is 29.2 Å². The number of pyridine rings is 1. The van der Waals surface area contributed by atoms with Gasteiger partial charge in [-0.1, -0.05) is 11.6 Å². The minimum atomic E-state index is 0.00248. The number of aryl methyl sites for hydroxylation is 1. The Labute approximate surface area is 180 Å². The van der Waals surface area contributed by atoms with Gasteiger partial charge < -0.3 is 15.1 Å². The van der Waals surface area contributed by atoms with Crippen LogP contribution in [0.2, 0.25) is 5.02 Å². The Morgan fingerprint density at radius 2 is 1.83 bits per heavy atom. The van der Waals surface area contributed by atoms with Crippen LogP contribution in [-0.4, -0.2) is 47.9 Å². The van der Waals surface area contributed by atoms with Gasteiger partial charge in [-0.2, -0.15) is 0 Å². The first kappa shape index (κ1) is 19.1. The molecule has 4 heterocycles. The standard InChI is InChI=1S/C23H23ClN4O2/c24-19-3-5-20(6-4-19)27-11-17-13-28(14-18(17)12-27)22(30)8-1-15-9-16-2-7-21(29)26-23(16)25-10-15/h1,3-6,8-10,17-18H,2,7,11-14H2,(H,25,26,29)/t17-,18+. The fourth-order valence-corrected chi connectivity index (χ4v) is 4.80. The Kier molecular flexibility index (Phi) is 4.95. The van der Waals surface area contributed by atoms with Crippen LogP contribution in [0.1, 0.15) is 17.5 Å². The molecule has 7 heteroatoms. The molecule has 0 radical (unpaired) electrons. The first-order valence-corrected chi connectivity index (χ1v) is 10.7. The number of likely N-dealkylation sites (tertiary alicyclic amines) is 1. The van der Waals surface area contributed by atoms with Crippen LogP contribution in [-0.2, 0) is 16.0 Å². The van der Waals surface area contributed by atoms with Crippen molar-refractivity contribution in [2.24, 2.45) is 11.8 Å². The Hall–Kier alpha value is -2.86. The Bertz CT molecular complexity index is 1010. The molecule has 1 aromatic heterocycles. The number of aromatic nitrogens is 1. The highest BCUT2D eigenvalue weighted by Crippen LogP contribution is 2.34. The summed E-state index contributed by atoms with van der Waals surface area (Å²) in [6, 6.07) is 9.97. The number of hydrogen-bond acceptors (Lipinski definition) is 4.